The third-order valence-corrected chi connectivity index (χ3v) is 12.0. The Morgan fingerprint density at radius 2 is 1.06 bits per heavy atom. The van der Waals surface area contributed by atoms with Crippen molar-refractivity contribution in [2.45, 2.75) is 94.5 Å². The zero-order valence-corrected chi connectivity index (χ0v) is 22.0. The van der Waals surface area contributed by atoms with Crippen LogP contribution in [0.15, 0.2) is 36.4 Å². The largest absolute Gasteiger partial charge is 0.496 e. The van der Waals surface area contributed by atoms with Crippen LogP contribution in [-0.4, -0.2) is 12.2 Å². The monoisotopic (exact) mass is 482 g/mol. The van der Waals surface area contributed by atoms with E-state index in [9.17, 15) is 5.11 Å². The molecule has 2 aromatic rings. The summed E-state index contributed by atoms with van der Waals surface area (Å²) in [4.78, 5) is 0. The number of benzene rings is 2. The third kappa shape index (κ3) is 3.25. The maximum absolute atomic E-state index is 10.4. The van der Waals surface area contributed by atoms with Crippen molar-refractivity contribution < 1.29 is 9.84 Å². The van der Waals surface area contributed by atoms with E-state index < -0.39 is 0 Å². The molecule has 0 spiro atoms. The highest BCUT2D eigenvalue weighted by molar-refractivity contribution is 5.68. The van der Waals surface area contributed by atoms with Gasteiger partial charge in [0, 0.05) is 5.56 Å². The summed E-state index contributed by atoms with van der Waals surface area (Å²) in [7, 11) is 1.86. The van der Waals surface area contributed by atoms with Crippen LogP contribution in [0, 0.1) is 35.5 Å². The van der Waals surface area contributed by atoms with Gasteiger partial charge in [0.1, 0.15) is 5.75 Å². The fraction of sp³-hybridized carbons (Fsp3) is 0.647. The molecule has 0 aromatic heterocycles. The number of aliphatic hydroxyl groups excluding tert-OH is 1. The lowest BCUT2D eigenvalue weighted by molar-refractivity contribution is -0.00627. The molecule has 8 bridgehead atoms. The Kier molecular flexibility index (Phi) is 4.85. The van der Waals surface area contributed by atoms with E-state index >= 15 is 0 Å². The van der Waals surface area contributed by atoms with E-state index in [0.29, 0.717) is 10.8 Å². The Bertz CT molecular complexity index is 1030. The van der Waals surface area contributed by atoms with Crippen molar-refractivity contribution in [3.8, 4) is 16.9 Å². The van der Waals surface area contributed by atoms with E-state index in [1.807, 2.05) is 7.11 Å². The van der Waals surface area contributed by atoms with Crippen molar-refractivity contribution in [1.29, 1.82) is 0 Å². The molecule has 0 atom stereocenters. The lowest BCUT2D eigenvalue weighted by atomic mass is 9.47. The van der Waals surface area contributed by atoms with Gasteiger partial charge in [-0.25, -0.2) is 0 Å². The molecular formula is C34H42O2. The average Bonchev–Trinajstić information content (AvgIpc) is 2.86. The topological polar surface area (TPSA) is 29.5 Å². The van der Waals surface area contributed by atoms with Crippen molar-refractivity contribution in [3.05, 3.63) is 53.1 Å². The van der Waals surface area contributed by atoms with E-state index in [1.54, 1.807) is 0 Å². The van der Waals surface area contributed by atoms with E-state index in [4.69, 9.17) is 4.74 Å². The molecular weight excluding hydrogens is 440 g/mol. The van der Waals surface area contributed by atoms with Gasteiger partial charge in [0.25, 0.3) is 0 Å². The van der Waals surface area contributed by atoms with Gasteiger partial charge in [-0.1, -0.05) is 24.3 Å². The molecule has 0 heterocycles. The van der Waals surface area contributed by atoms with Crippen LogP contribution >= 0.6 is 0 Å². The molecule has 8 fully saturated rings. The first kappa shape index (κ1) is 22.2. The van der Waals surface area contributed by atoms with E-state index in [2.05, 4.69) is 36.4 Å². The minimum absolute atomic E-state index is 0.165. The molecule has 2 aromatic carbocycles. The van der Waals surface area contributed by atoms with Crippen molar-refractivity contribution >= 4 is 0 Å². The quantitative estimate of drug-likeness (QED) is 0.471. The molecule has 10 rings (SSSR count). The molecule has 8 aliphatic carbocycles. The predicted molar refractivity (Wildman–Crippen MR) is 144 cm³/mol. The molecule has 8 aliphatic rings. The van der Waals surface area contributed by atoms with Gasteiger partial charge in [-0.3, -0.25) is 0 Å². The molecule has 190 valence electrons. The normalized spacial score (nSPS) is 41.7. The van der Waals surface area contributed by atoms with Crippen LogP contribution in [0.25, 0.3) is 11.1 Å². The lowest BCUT2D eigenvalue weighted by Crippen LogP contribution is -2.49. The summed E-state index contributed by atoms with van der Waals surface area (Å²) in [6.07, 6.45) is 16.9. The number of hydrogen-bond donors (Lipinski definition) is 1. The van der Waals surface area contributed by atoms with Gasteiger partial charge in [0.2, 0.25) is 0 Å². The molecule has 0 amide bonds. The molecule has 36 heavy (non-hydrogen) atoms. The van der Waals surface area contributed by atoms with Crippen molar-refractivity contribution in [2.24, 2.45) is 35.5 Å². The number of ether oxygens (including phenoxy) is 1. The van der Waals surface area contributed by atoms with Crippen LogP contribution in [0.5, 0.6) is 5.75 Å². The van der Waals surface area contributed by atoms with E-state index in [-0.39, 0.29) is 6.61 Å². The van der Waals surface area contributed by atoms with Crippen molar-refractivity contribution in [2.75, 3.05) is 7.11 Å². The average molecular weight is 483 g/mol. The standard InChI is InChI=1S/C34H42O2/c1-36-32-5-4-28(13-31(32)34-17-24-9-25(18-34)11-26(10-24)19-34)27-2-3-29(20-35)30(12-27)33-14-21-6-22(15-33)8-23(7-21)16-33/h2-5,12-13,21-26,35H,6-11,14-20H2,1H3. The Hall–Kier alpha value is -1.80. The smallest absolute Gasteiger partial charge is 0.122 e. The minimum atomic E-state index is 0.165. The minimum Gasteiger partial charge on any atom is -0.496 e. The second-order valence-corrected chi connectivity index (χ2v) is 14.3. The molecule has 0 aliphatic heterocycles. The van der Waals surface area contributed by atoms with Crippen LogP contribution < -0.4 is 4.74 Å². The number of rotatable bonds is 5. The molecule has 1 N–H and O–H groups in total. The molecule has 2 heteroatoms. The molecule has 0 radical (unpaired) electrons. The Morgan fingerprint density at radius 3 is 1.50 bits per heavy atom. The Labute approximate surface area is 216 Å². The number of methoxy groups -OCH3 is 1. The molecule has 0 unspecified atom stereocenters. The van der Waals surface area contributed by atoms with E-state index in [1.165, 1.54) is 105 Å². The van der Waals surface area contributed by atoms with Gasteiger partial charge < -0.3 is 9.84 Å². The lowest BCUT2D eigenvalue weighted by Gasteiger charge is -2.57. The van der Waals surface area contributed by atoms with Gasteiger partial charge in [-0.05, 0) is 158 Å². The van der Waals surface area contributed by atoms with Crippen LogP contribution in [-0.2, 0) is 17.4 Å². The summed E-state index contributed by atoms with van der Waals surface area (Å²) in [5.74, 6) is 6.62. The first-order valence-corrected chi connectivity index (χ1v) is 15.0. The van der Waals surface area contributed by atoms with Gasteiger partial charge >= 0.3 is 0 Å². The second kappa shape index (κ2) is 7.85. The van der Waals surface area contributed by atoms with Crippen LogP contribution in [0.3, 0.4) is 0 Å². The number of aliphatic hydroxyl groups is 1. The van der Waals surface area contributed by atoms with Gasteiger partial charge in [0.05, 0.1) is 13.7 Å². The fourth-order valence-corrected chi connectivity index (χ4v) is 11.6. The summed E-state index contributed by atoms with van der Waals surface area (Å²) in [6, 6.07) is 14.1. The van der Waals surface area contributed by atoms with Crippen molar-refractivity contribution in [1.82, 2.24) is 0 Å². The fourth-order valence-electron chi connectivity index (χ4n) is 11.6. The summed E-state index contributed by atoms with van der Waals surface area (Å²) >= 11 is 0. The van der Waals surface area contributed by atoms with Gasteiger partial charge in [-0.15, -0.1) is 0 Å². The predicted octanol–water partition coefficient (Wildman–Crippen LogP) is 7.79. The Balaban J connectivity index is 1.21. The van der Waals surface area contributed by atoms with Gasteiger partial charge in [-0.2, -0.15) is 0 Å². The van der Waals surface area contributed by atoms with E-state index in [0.717, 1.165) is 41.3 Å². The zero-order chi connectivity index (χ0) is 24.1. The molecule has 0 saturated heterocycles. The van der Waals surface area contributed by atoms with Crippen LogP contribution in [0.4, 0.5) is 0 Å². The van der Waals surface area contributed by atoms with Crippen LogP contribution in [0.2, 0.25) is 0 Å². The third-order valence-electron chi connectivity index (χ3n) is 12.0. The first-order chi connectivity index (χ1) is 17.5. The summed E-state index contributed by atoms with van der Waals surface area (Å²) in [5.41, 5.74) is 7.46. The summed E-state index contributed by atoms with van der Waals surface area (Å²) in [6.45, 7) is 0.165. The van der Waals surface area contributed by atoms with Gasteiger partial charge in [0.15, 0.2) is 0 Å². The molecule has 2 nitrogen and oxygen atoms in total. The first-order valence-electron chi connectivity index (χ1n) is 15.0. The SMILES string of the molecule is COc1ccc(-c2ccc(CO)c(C34CC5CC(CC(C5)C3)C4)c2)cc1C12CC3CC(CC(C3)C1)C2. The Morgan fingerprint density at radius 1 is 0.639 bits per heavy atom. The summed E-state index contributed by atoms with van der Waals surface area (Å²) in [5, 5.41) is 10.4. The highest BCUT2D eigenvalue weighted by atomic mass is 16.5. The van der Waals surface area contributed by atoms with Crippen LogP contribution in [0.1, 0.15) is 93.7 Å². The maximum atomic E-state index is 10.4. The summed E-state index contributed by atoms with van der Waals surface area (Å²) < 4.78 is 6.02. The second-order valence-electron chi connectivity index (χ2n) is 14.3. The maximum Gasteiger partial charge on any atom is 0.122 e. The van der Waals surface area contributed by atoms with Crippen molar-refractivity contribution in [3.63, 3.8) is 0 Å². The molecule has 8 saturated carbocycles. The number of hydrogen-bond acceptors (Lipinski definition) is 2. The highest BCUT2D eigenvalue weighted by Gasteiger charge is 2.53. The highest BCUT2D eigenvalue weighted by Crippen LogP contribution is 2.63. The zero-order valence-electron chi connectivity index (χ0n) is 22.0.